The maximum atomic E-state index is 13.6. The van der Waals surface area contributed by atoms with Gasteiger partial charge in [-0.2, -0.15) is 4.98 Å². The van der Waals surface area contributed by atoms with Gasteiger partial charge in [0.25, 0.3) is 6.43 Å². The van der Waals surface area contributed by atoms with Crippen LogP contribution in [0.25, 0.3) is 22.4 Å². The van der Waals surface area contributed by atoms with Gasteiger partial charge >= 0.3 is 0 Å². The van der Waals surface area contributed by atoms with Gasteiger partial charge in [-0.1, -0.05) is 6.07 Å². The topological polar surface area (TPSA) is 142 Å². The number of benzene rings is 1. The number of hydrogen-bond donors (Lipinski definition) is 3. The SMILES string of the molecule is CN.Cc1cc(-c2c(OCc3cccc(CNCC=O)n3)nc(N)nc2-c2ccc(F)cc2)cc(C(F)F)n1. The molecule has 0 unspecified atom stereocenters. The number of hydrogen-bond acceptors (Lipinski definition) is 9. The lowest BCUT2D eigenvalue weighted by atomic mass is 9.99. The zero-order valence-electron chi connectivity index (χ0n) is 21.4. The Morgan fingerprint density at radius 3 is 2.38 bits per heavy atom. The summed E-state index contributed by atoms with van der Waals surface area (Å²) in [7, 11) is 1.50. The fourth-order valence-corrected chi connectivity index (χ4v) is 3.70. The number of carbonyl (C=O) groups is 1. The zero-order chi connectivity index (χ0) is 28.4. The monoisotopic (exact) mass is 539 g/mol. The predicted octanol–water partition coefficient (Wildman–Crippen LogP) is 4.01. The van der Waals surface area contributed by atoms with Crippen molar-refractivity contribution in [3.63, 3.8) is 0 Å². The first-order valence-electron chi connectivity index (χ1n) is 11.8. The summed E-state index contributed by atoms with van der Waals surface area (Å²) in [4.78, 5) is 27.5. The third kappa shape index (κ3) is 7.79. The number of alkyl halides is 2. The summed E-state index contributed by atoms with van der Waals surface area (Å²) >= 11 is 0. The van der Waals surface area contributed by atoms with Crippen molar-refractivity contribution in [1.82, 2.24) is 25.3 Å². The summed E-state index contributed by atoms with van der Waals surface area (Å²) in [5.41, 5.74) is 13.1. The molecule has 5 N–H and O–H groups in total. The van der Waals surface area contributed by atoms with Gasteiger partial charge in [0.05, 0.1) is 29.2 Å². The van der Waals surface area contributed by atoms with Gasteiger partial charge in [0.1, 0.15) is 24.4 Å². The van der Waals surface area contributed by atoms with Crippen LogP contribution in [0.2, 0.25) is 0 Å². The van der Waals surface area contributed by atoms with Crippen molar-refractivity contribution in [2.75, 3.05) is 19.3 Å². The average molecular weight is 540 g/mol. The molecule has 12 heteroatoms. The van der Waals surface area contributed by atoms with E-state index in [0.29, 0.717) is 40.3 Å². The molecule has 0 aliphatic carbocycles. The van der Waals surface area contributed by atoms with Crippen molar-refractivity contribution in [3.05, 3.63) is 83.2 Å². The number of carbonyl (C=O) groups excluding carboxylic acids is 1. The van der Waals surface area contributed by atoms with Gasteiger partial charge in [-0.3, -0.25) is 9.97 Å². The number of halogens is 3. The van der Waals surface area contributed by atoms with Crippen molar-refractivity contribution < 1.29 is 22.7 Å². The van der Waals surface area contributed by atoms with E-state index in [0.717, 1.165) is 6.29 Å². The van der Waals surface area contributed by atoms with Crippen LogP contribution in [0.3, 0.4) is 0 Å². The highest BCUT2D eigenvalue weighted by Crippen LogP contribution is 2.39. The van der Waals surface area contributed by atoms with Gasteiger partial charge in [0.2, 0.25) is 11.8 Å². The lowest BCUT2D eigenvalue weighted by Gasteiger charge is -2.16. The first-order chi connectivity index (χ1) is 18.8. The first-order valence-corrected chi connectivity index (χ1v) is 11.8. The quantitative estimate of drug-likeness (QED) is 0.201. The number of aldehydes is 1. The van der Waals surface area contributed by atoms with E-state index in [1.54, 1.807) is 31.2 Å². The number of aromatic nitrogens is 4. The highest BCUT2D eigenvalue weighted by molar-refractivity contribution is 5.85. The Labute approximate surface area is 223 Å². The molecule has 0 aliphatic rings. The third-order valence-electron chi connectivity index (χ3n) is 5.25. The highest BCUT2D eigenvalue weighted by atomic mass is 19.3. The smallest absolute Gasteiger partial charge is 0.280 e. The van der Waals surface area contributed by atoms with Crippen molar-refractivity contribution in [1.29, 1.82) is 0 Å². The Morgan fingerprint density at radius 1 is 0.974 bits per heavy atom. The van der Waals surface area contributed by atoms with Gasteiger partial charge in [-0.15, -0.1) is 0 Å². The average Bonchev–Trinajstić information content (AvgIpc) is 2.93. The summed E-state index contributed by atoms with van der Waals surface area (Å²) in [5, 5.41) is 2.94. The van der Waals surface area contributed by atoms with Gasteiger partial charge in [-0.05, 0) is 68.1 Å². The second-order valence-electron chi connectivity index (χ2n) is 8.05. The zero-order valence-corrected chi connectivity index (χ0v) is 21.4. The summed E-state index contributed by atoms with van der Waals surface area (Å²) in [6, 6.07) is 13.7. The van der Waals surface area contributed by atoms with Gasteiger partial charge in [0.15, 0.2) is 0 Å². The number of ether oxygens (including phenoxy) is 1. The van der Waals surface area contributed by atoms with E-state index in [4.69, 9.17) is 10.5 Å². The molecule has 0 saturated carbocycles. The lowest BCUT2D eigenvalue weighted by molar-refractivity contribution is -0.107. The Kier molecular flexibility index (Phi) is 10.4. The van der Waals surface area contributed by atoms with Crippen LogP contribution in [0.5, 0.6) is 5.88 Å². The van der Waals surface area contributed by atoms with Crippen LogP contribution in [-0.4, -0.2) is 39.8 Å². The van der Waals surface area contributed by atoms with Crippen molar-refractivity contribution >= 4 is 12.2 Å². The molecule has 0 amide bonds. The molecule has 204 valence electrons. The fourth-order valence-electron chi connectivity index (χ4n) is 3.70. The molecule has 9 nitrogen and oxygen atoms in total. The largest absolute Gasteiger partial charge is 0.471 e. The molecule has 0 fully saturated rings. The van der Waals surface area contributed by atoms with Crippen LogP contribution in [-0.2, 0) is 17.9 Å². The molecular formula is C27H28F3N7O2. The Morgan fingerprint density at radius 2 is 1.69 bits per heavy atom. The second-order valence-corrected chi connectivity index (χ2v) is 8.05. The fraction of sp³-hybridized carbons (Fsp3) is 0.222. The molecule has 0 radical (unpaired) electrons. The van der Waals surface area contributed by atoms with Crippen LogP contribution >= 0.6 is 0 Å². The lowest BCUT2D eigenvalue weighted by Crippen LogP contribution is -2.16. The van der Waals surface area contributed by atoms with E-state index in [1.807, 2.05) is 0 Å². The number of pyridine rings is 2. The number of nitrogens with one attached hydrogen (secondary N) is 1. The van der Waals surface area contributed by atoms with Gasteiger partial charge in [-0.25, -0.2) is 18.2 Å². The maximum absolute atomic E-state index is 13.6. The highest BCUT2D eigenvalue weighted by Gasteiger charge is 2.21. The van der Waals surface area contributed by atoms with Crippen LogP contribution < -0.4 is 21.5 Å². The minimum Gasteiger partial charge on any atom is -0.471 e. The second kappa shape index (κ2) is 13.9. The van der Waals surface area contributed by atoms with E-state index < -0.39 is 17.9 Å². The Balaban J connectivity index is 0.00000205. The summed E-state index contributed by atoms with van der Waals surface area (Å²) in [5.74, 6) is -0.515. The normalized spacial score (nSPS) is 10.6. The molecule has 39 heavy (non-hydrogen) atoms. The number of rotatable bonds is 10. The molecule has 0 aliphatic heterocycles. The third-order valence-corrected chi connectivity index (χ3v) is 5.25. The molecule has 3 aromatic heterocycles. The molecular weight excluding hydrogens is 511 g/mol. The number of anilines is 1. The molecule has 4 rings (SSSR count). The molecule has 0 spiro atoms. The van der Waals surface area contributed by atoms with Crippen LogP contribution in [0.15, 0.2) is 54.6 Å². The number of nitrogens with two attached hydrogens (primary N) is 2. The number of nitrogen functional groups attached to an aromatic ring is 1. The standard InChI is InChI=1S/C26H23F3N6O2.CH5N/c1-15-11-17(12-21(32-15)24(28)29)22-23(16-5-7-18(27)8-6-16)34-26(30)35-25(22)37-14-20-4-2-3-19(33-20)13-31-9-10-36;1-2/h2-8,10-12,24,31H,9,13-14H2,1H3,(H2,30,34,35);2H2,1H3. The predicted molar refractivity (Wildman–Crippen MR) is 141 cm³/mol. The number of nitrogens with zero attached hydrogens (tertiary/aromatic N) is 4. The van der Waals surface area contributed by atoms with Gasteiger partial charge in [0, 0.05) is 17.8 Å². The van der Waals surface area contributed by atoms with E-state index in [9.17, 15) is 18.0 Å². The molecule has 0 saturated heterocycles. The van der Waals surface area contributed by atoms with E-state index >= 15 is 0 Å². The maximum Gasteiger partial charge on any atom is 0.280 e. The molecule has 0 bridgehead atoms. The minimum atomic E-state index is -2.80. The molecule has 3 heterocycles. The Hall–Kier alpha value is -4.42. The summed E-state index contributed by atoms with van der Waals surface area (Å²) in [6.07, 6.45) is -2.04. The van der Waals surface area contributed by atoms with Crippen LogP contribution in [0, 0.1) is 12.7 Å². The van der Waals surface area contributed by atoms with E-state index in [1.165, 1.54) is 37.4 Å². The number of aryl methyl sites for hydroxylation is 1. The van der Waals surface area contributed by atoms with Crippen molar-refractivity contribution in [2.24, 2.45) is 5.73 Å². The first kappa shape index (κ1) is 29.1. The van der Waals surface area contributed by atoms with E-state index in [2.05, 4.69) is 31.0 Å². The van der Waals surface area contributed by atoms with Crippen molar-refractivity contribution in [3.8, 4) is 28.3 Å². The summed E-state index contributed by atoms with van der Waals surface area (Å²) < 4.78 is 46.8. The minimum absolute atomic E-state index is 0.0143. The van der Waals surface area contributed by atoms with Gasteiger partial charge < -0.3 is 26.3 Å². The Bertz CT molecular complexity index is 1400. The van der Waals surface area contributed by atoms with Crippen LogP contribution in [0.1, 0.15) is 29.2 Å². The van der Waals surface area contributed by atoms with Crippen LogP contribution in [0.4, 0.5) is 19.1 Å². The van der Waals surface area contributed by atoms with E-state index in [-0.39, 0.29) is 30.7 Å². The molecule has 0 atom stereocenters. The molecule has 1 aromatic carbocycles. The van der Waals surface area contributed by atoms with Crippen molar-refractivity contribution in [2.45, 2.75) is 26.5 Å². The molecule has 4 aromatic rings. The summed E-state index contributed by atoms with van der Waals surface area (Å²) in [6.45, 7) is 2.17.